The number of hydrogen-bond acceptors (Lipinski definition) is 4. The predicted molar refractivity (Wildman–Crippen MR) is 75.9 cm³/mol. The summed E-state index contributed by atoms with van der Waals surface area (Å²) in [5.41, 5.74) is 0.941. The van der Waals surface area contributed by atoms with Gasteiger partial charge in [0, 0.05) is 26.3 Å². The number of rotatable bonds is 1. The van der Waals surface area contributed by atoms with Crippen LogP contribution in [0, 0.1) is 0 Å². The molecule has 3 aromatic heterocycles. The smallest absolute Gasteiger partial charge is 0.332 e. The van der Waals surface area contributed by atoms with Gasteiger partial charge in [-0.05, 0) is 19.9 Å². The van der Waals surface area contributed by atoms with Crippen LogP contribution in [-0.2, 0) is 14.1 Å². The first kappa shape index (κ1) is 12.6. The second-order valence-corrected chi connectivity index (χ2v) is 5.15. The fraction of sp³-hybridized carbons (Fsp3) is 0.385. The van der Waals surface area contributed by atoms with Crippen molar-refractivity contribution < 1.29 is 0 Å². The Labute approximate surface area is 114 Å². The third-order valence-electron chi connectivity index (χ3n) is 3.57. The molecule has 0 bridgehead atoms. The van der Waals surface area contributed by atoms with Crippen molar-refractivity contribution in [3.8, 4) is 0 Å². The Bertz CT molecular complexity index is 945. The van der Waals surface area contributed by atoms with Crippen LogP contribution < -0.4 is 11.2 Å². The third kappa shape index (κ3) is 1.46. The lowest BCUT2D eigenvalue weighted by Crippen LogP contribution is -2.37. The van der Waals surface area contributed by atoms with Gasteiger partial charge in [-0.25, -0.2) is 4.79 Å². The predicted octanol–water partition coefficient (Wildman–Crippen LogP) is 0.563. The van der Waals surface area contributed by atoms with E-state index in [2.05, 4.69) is 10.2 Å². The van der Waals surface area contributed by atoms with E-state index in [0.29, 0.717) is 16.6 Å². The maximum Gasteiger partial charge on any atom is 0.332 e. The van der Waals surface area contributed by atoms with E-state index in [1.165, 1.54) is 11.6 Å². The summed E-state index contributed by atoms with van der Waals surface area (Å²) >= 11 is 0. The average Bonchev–Trinajstić information content (AvgIpc) is 2.85. The zero-order chi connectivity index (χ0) is 14.6. The molecule has 0 unspecified atom stereocenters. The van der Waals surface area contributed by atoms with Gasteiger partial charge < -0.3 is 4.57 Å². The summed E-state index contributed by atoms with van der Waals surface area (Å²) in [4.78, 5) is 24.4. The molecule has 0 N–H and O–H groups in total. The van der Waals surface area contributed by atoms with Crippen LogP contribution >= 0.6 is 0 Å². The Balaban J connectivity index is 2.70. The molecule has 7 heteroatoms. The van der Waals surface area contributed by atoms with Gasteiger partial charge in [-0.15, -0.1) is 10.2 Å². The number of nitrogens with zero attached hydrogens (tertiary/aromatic N) is 5. The zero-order valence-corrected chi connectivity index (χ0v) is 11.8. The summed E-state index contributed by atoms with van der Waals surface area (Å²) in [5.74, 6) is 0. The van der Waals surface area contributed by atoms with Gasteiger partial charge in [0.2, 0.25) is 0 Å². The largest absolute Gasteiger partial charge is 0.343 e. The summed E-state index contributed by atoms with van der Waals surface area (Å²) in [6.45, 7) is 4.05. The second-order valence-electron chi connectivity index (χ2n) is 5.15. The van der Waals surface area contributed by atoms with Crippen LogP contribution in [0.1, 0.15) is 19.9 Å². The van der Waals surface area contributed by atoms with Crippen molar-refractivity contribution in [1.29, 1.82) is 0 Å². The number of fused-ring (bicyclic) bond motifs is 3. The van der Waals surface area contributed by atoms with Crippen LogP contribution in [-0.4, -0.2) is 23.9 Å². The Morgan fingerprint density at radius 2 is 1.80 bits per heavy atom. The molecule has 0 saturated carbocycles. The topological polar surface area (TPSA) is 74.7 Å². The quantitative estimate of drug-likeness (QED) is 0.649. The molecule has 3 heterocycles. The minimum atomic E-state index is -0.404. The van der Waals surface area contributed by atoms with Crippen molar-refractivity contribution in [3.63, 3.8) is 0 Å². The van der Waals surface area contributed by atoms with E-state index >= 15 is 0 Å². The fourth-order valence-corrected chi connectivity index (χ4v) is 2.46. The molecule has 0 radical (unpaired) electrons. The molecule has 0 aliphatic rings. The van der Waals surface area contributed by atoms with E-state index in [1.807, 2.05) is 30.7 Å². The summed E-state index contributed by atoms with van der Waals surface area (Å²) in [7, 11) is 3.06. The van der Waals surface area contributed by atoms with Gasteiger partial charge in [-0.1, -0.05) is 0 Å². The van der Waals surface area contributed by atoms with Gasteiger partial charge in [0.1, 0.15) is 10.9 Å². The van der Waals surface area contributed by atoms with Gasteiger partial charge in [0.05, 0.1) is 5.52 Å². The normalized spacial score (nSPS) is 11.8. The molecular formula is C13H15N5O2. The monoisotopic (exact) mass is 273 g/mol. The van der Waals surface area contributed by atoms with Crippen molar-refractivity contribution >= 4 is 22.1 Å². The lowest BCUT2D eigenvalue weighted by molar-refractivity contribution is 0.622. The van der Waals surface area contributed by atoms with Crippen LogP contribution in [0.4, 0.5) is 0 Å². The number of aryl methyl sites for hydroxylation is 1. The van der Waals surface area contributed by atoms with Gasteiger partial charge in [0.25, 0.3) is 5.56 Å². The Kier molecular flexibility index (Phi) is 2.53. The highest BCUT2D eigenvalue weighted by atomic mass is 16.2. The lowest BCUT2D eigenvalue weighted by atomic mass is 10.2. The van der Waals surface area contributed by atoms with Gasteiger partial charge in [-0.3, -0.25) is 13.9 Å². The maximum absolute atomic E-state index is 12.5. The van der Waals surface area contributed by atoms with Crippen molar-refractivity contribution in [2.75, 3.05) is 0 Å². The lowest BCUT2D eigenvalue weighted by Gasteiger charge is -2.12. The third-order valence-corrected chi connectivity index (χ3v) is 3.57. The van der Waals surface area contributed by atoms with Crippen molar-refractivity contribution in [3.05, 3.63) is 33.1 Å². The van der Waals surface area contributed by atoms with E-state index in [9.17, 15) is 9.59 Å². The summed E-state index contributed by atoms with van der Waals surface area (Å²) in [6, 6.07) is 2.01. The summed E-state index contributed by atoms with van der Waals surface area (Å²) in [6.07, 6.45) is 1.88. The Hall–Kier alpha value is -2.44. The minimum Gasteiger partial charge on any atom is -0.343 e. The highest BCUT2D eigenvalue weighted by Gasteiger charge is 2.17. The molecule has 3 rings (SSSR count). The standard InChI is InChI=1S/C13H15N5O2/c1-7(2)18-6-5-8-10(18)9-11(15-14-8)16(3)13(20)17(4)12(9)19/h5-7H,1-4H3. The van der Waals surface area contributed by atoms with Crippen LogP contribution in [0.2, 0.25) is 0 Å². The maximum atomic E-state index is 12.5. The molecule has 104 valence electrons. The molecule has 0 spiro atoms. The van der Waals surface area contributed by atoms with Gasteiger partial charge in [-0.2, -0.15) is 0 Å². The van der Waals surface area contributed by atoms with Crippen molar-refractivity contribution in [2.24, 2.45) is 14.1 Å². The summed E-state index contributed by atoms with van der Waals surface area (Å²) in [5, 5.41) is 8.57. The highest BCUT2D eigenvalue weighted by Crippen LogP contribution is 2.22. The average molecular weight is 273 g/mol. The van der Waals surface area contributed by atoms with E-state index in [4.69, 9.17) is 0 Å². The van der Waals surface area contributed by atoms with E-state index < -0.39 is 5.69 Å². The first-order valence-electron chi connectivity index (χ1n) is 6.36. The zero-order valence-electron chi connectivity index (χ0n) is 11.8. The fourth-order valence-electron chi connectivity index (χ4n) is 2.46. The van der Waals surface area contributed by atoms with Gasteiger partial charge >= 0.3 is 5.69 Å². The van der Waals surface area contributed by atoms with Crippen molar-refractivity contribution in [1.82, 2.24) is 23.9 Å². The molecule has 0 atom stereocenters. The van der Waals surface area contributed by atoms with Crippen LogP contribution in [0.15, 0.2) is 21.9 Å². The first-order valence-corrected chi connectivity index (χ1v) is 6.36. The molecule has 3 aromatic rings. The highest BCUT2D eigenvalue weighted by molar-refractivity contribution is 6.00. The molecule has 0 amide bonds. The molecule has 20 heavy (non-hydrogen) atoms. The van der Waals surface area contributed by atoms with Crippen LogP contribution in [0.3, 0.4) is 0 Å². The van der Waals surface area contributed by atoms with E-state index in [1.54, 1.807) is 7.05 Å². The molecule has 0 saturated heterocycles. The molecule has 7 nitrogen and oxygen atoms in total. The second kappa shape index (κ2) is 4.03. The molecule has 0 aliphatic carbocycles. The van der Waals surface area contributed by atoms with E-state index in [0.717, 1.165) is 10.1 Å². The SMILES string of the molecule is CC(C)n1ccc2nnc3c(c(=O)n(C)c(=O)n3C)c21. The molecule has 0 aromatic carbocycles. The van der Waals surface area contributed by atoms with Crippen LogP contribution in [0.25, 0.3) is 22.1 Å². The number of aromatic nitrogens is 5. The Morgan fingerprint density at radius 3 is 2.45 bits per heavy atom. The minimum absolute atomic E-state index is 0.182. The van der Waals surface area contributed by atoms with Crippen molar-refractivity contribution in [2.45, 2.75) is 19.9 Å². The van der Waals surface area contributed by atoms with E-state index in [-0.39, 0.29) is 11.6 Å². The molecule has 0 fully saturated rings. The molecule has 0 aliphatic heterocycles. The van der Waals surface area contributed by atoms with Gasteiger partial charge in [0.15, 0.2) is 5.65 Å². The first-order chi connectivity index (χ1) is 9.43. The molecular weight excluding hydrogens is 258 g/mol. The van der Waals surface area contributed by atoms with Crippen LogP contribution in [0.5, 0.6) is 0 Å². The number of hydrogen-bond donors (Lipinski definition) is 0. The summed E-state index contributed by atoms with van der Waals surface area (Å²) < 4.78 is 4.42. The Morgan fingerprint density at radius 1 is 1.10 bits per heavy atom.